The third kappa shape index (κ3) is 5.87. The van der Waals surface area contributed by atoms with Gasteiger partial charge in [0.2, 0.25) is 0 Å². The molecule has 5 nitrogen and oxygen atoms in total. The Labute approximate surface area is 141 Å². The van der Waals surface area contributed by atoms with Gasteiger partial charge in [-0.25, -0.2) is 9.97 Å². The van der Waals surface area contributed by atoms with Crippen LogP contribution in [0.25, 0.3) is 0 Å². The van der Waals surface area contributed by atoms with Crippen LogP contribution in [-0.4, -0.2) is 28.0 Å². The van der Waals surface area contributed by atoms with Crippen molar-refractivity contribution in [2.45, 2.75) is 32.7 Å². The predicted octanol–water partition coefficient (Wildman–Crippen LogP) is 3.31. The average Bonchev–Trinajstić information content (AvgIpc) is 2.48. The zero-order chi connectivity index (χ0) is 16.9. The van der Waals surface area contributed by atoms with Crippen LogP contribution in [-0.2, 0) is 6.42 Å². The van der Waals surface area contributed by atoms with E-state index < -0.39 is 0 Å². The normalized spacial score (nSPS) is 11.1. The largest absolute Gasteiger partial charge is 0.365 e. The monoisotopic (exact) mass is 332 g/mol. The van der Waals surface area contributed by atoms with Gasteiger partial charge < -0.3 is 10.6 Å². The topological polar surface area (TPSA) is 66.9 Å². The standard InChI is InChI=1S/C17H21ClN4O/c1-17(2,3)22-15-10-14(20-11-21-15)16(23)19-9-8-12-4-6-13(18)7-5-12/h4-7,10-11H,8-9H2,1-3H3,(H,19,23)(H,20,21,22). The Kier molecular flexibility index (Phi) is 5.55. The number of hydrogen-bond acceptors (Lipinski definition) is 4. The molecule has 0 radical (unpaired) electrons. The molecule has 0 atom stereocenters. The molecule has 0 aliphatic rings. The fraction of sp³-hybridized carbons (Fsp3) is 0.353. The van der Waals surface area contributed by atoms with Gasteiger partial charge in [-0.05, 0) is 44.9 Å². The van der Waals surface area contributed by atoms with Crippen LogP contribution in [0.2, 0.25) is 5.02 Å². The van der Waals surface area contributed by atoms with Gasteiger partial charge in [0.25, 0.3) is 5.91 Å². The second-order valence-electron chi connectivity index (χ2n) is 6.30. The Hall–Kier alpha value is -2.14. The number of rotatable bonds is 5. The third-order valence-electron chi connectivity index (χ3n) is 3.02. The van der Waals surface area contributed by atoms with Crippen LogP contribution in [0.5, 0.6) is 0 Å². The summed E-state index contributed by atoms with van der Waals surface area (Å²) in [5.74, 6) is 0.425. The summed E-state index contributed by atoms with van der Waals surface area (Å²) in [6, 6.07) is 9.24. The van der Waals surface area contributed by atoms with Crippen molar-refractivity contribution in [3.63, 3.8) is 0 Å². The summed E-state index contributed by atoms with van der Waals surface area (Å²) in [5, 5.41) is 6.79. The number of nitrogens with one attached hydrogen (secondary N) is 2. The summed E-state index contributed by atoms with van der Waals surface area (Å²) in [6.45, 7) is 6.62. The third-order valence-corrected chi connectivity index (χ3v) is 3.27. The number of nitrogens with zero attached hydrogens (tertiary/aromatic N) is 2. The predicted molar refractivity (Wildman–Crippen MR) is 92.9 cm³/mol. The first kappa shape index (κ1) is 17.2. The van der Waals surface area contributed by atoms with E-state index in [2.05, 4.69) is 20.6 Å². The van der Waals surface area contributed by atoms with Crippen molar-refractivity contribution in [3.8, 4) is 0 Å². The Balaban J connectivity index is 1.90. The van der Waals surface area contributed by atoms with E-state index in [0.717, 1.165) is 12.0 Å². The molecule has 0 bridgehead atoms. The van der Waals surface area contributed by atoms with E-state index in [1.165, 1.54) is 6.33 Å². The molecule has 6 heteroatoms. The van der Waals surface area contributed by atoms with Gasteiger partial charge in [0, 0.05) is 23.2 Å². The number of aromatic nitrogens is 2. The molecule has 1 aromatic heterocycles. The van der Waals surface area contributed by atoms with Crippen molar-refractivity contribution in [2.75, 3.05) is 11.9 Å². The van der Waals surface area contributed by atoms with Crippen molar-refractivity contribution < 1.29 is 4.79 Å². The zero-order valence-electron chi connectivity index (χ0n) is 13.6. The van der Waals surface area contributed by atoms with Gasteiger partial charge in [0.15, 0.2) is 0 Å². The smallest absolute Gasteiger partial charge is 0.270 e. The molecule has 2 N–H and O–H groups in total. The maximum absolute atomic E-state index is 12.2. The molecule has 0 saturated heterocycles. The first-order valence-electron chi connectivity index (χ1n) is 7.46. The van der Waals surface area contributed by atoms with Crippen LogP contribution in [0.3, 0.4) is 0 Å². The SMILES string of the molecule is CC(C)(C)Nc1cc(C(=O)NCCc2ccc(Cl)cc2)ncn1. The van der Waals surface area contributed by atoms with E-state index in [1.54, 1.807) is 6.07 Å². The molecular formula is C17H21ClN4O. The quantitative estimate of drug-likeness (QED) is 0.881. The van der Waals surface area contributed by atoms with E-state index in [0.29, 0.717) is 23.1 Å². The number of halogens is 1. The van der Waals surface area contributed by atoms with Crippen molar-refractivity contribution in [1.29, 1.82) is 0 Å². The minimum absolute atomic E-state index is 0.128. The van der Waals surface area contributed by atoms with Crippen molar-refractivity contribution in [1.82, 2.24) is 15.3 Å². The maximum atomic E-state index is 12.2. The highest BCUT2D eigenvalue weighted by atomic mass is 35.5. The molecule has 0 fully saturated rings. The van der Waals surface area contributed by atoms with E-state index in [9.17, 15) is 4.79 Å². The Morgan fingerprint density at radius 1 is 1.17 bits per heavy atom. The summed E-state index contributed by atoms with van der Waals surface area (Å²) in [5.41, 5.74) is 1.34. The number of amides is 1. The Morgan fingerprint density at radius 3 is 2.52 bits per heavy atom. The van der Waals surface area contributed by atoms with Crippen molar-refractivity contribution in [2.24, 2.45) is 0 Å². The molecule has 2 aromatic rings. The molecule has 0 aliphatic heterocycles. The van der Waals surface area contributed by atoms with Crippen LogP contribution in [0, 0.1) is 0 Å². The minimum atomic E-state index is -0.210. The average molecular weight is 333 g/mol. The molecule has 0 aliphatic carbocycles. The first-order valence-corrected chi connectivity index (χ1v) is 7.84. The number of carbonyl (C=O) groups is 1. The lowest BCUT2D eigenvalue weighted by Gasteiger charge is -2.21. The molecule has 0 saturated carbocycles. The van der Waals surface area contributed by atoms with Crippen molar-refractivity contribution >= 4 is 23.3 Å². The van der Waals surface area contributed by atoms with Crippen LogP contribution in [0.15, 0.2) is 36.7 Å². The van der Waals surface area contributed by atoms with Gasteiger partial charge in [-0.1, -0.05) is 23.7 Å². The minimum Gasteiger partial charge on any atom is -0.365 e. The fourth-order valence-electron chi connectivity index (χ4n) is 2.00. The highest BCUT2D eigenvalue weighted by Crippen LogP contribution is 2.12. The molecule has 122 valence electrons. The van der Waals surface area contributed by atoms with Gasteiger partial charge in [0.05, 0.1) is 0 Å². The Morgan fingerprint density at radius 2 is 1.87 bits per heavy atom. The number of hydrogen-bond donors (Lipinski definition) is 2. The summed E-state index contributed by atoms with van der Waals surface area (Å²) >= 11 is 5.85. The summed E-state index contributed by atoms with van der Waals surface area (Å²) < 4.78 is 0. The zero-order valence-corrected chi connectivity index (χ0v) is 14.3. The summed E-state index contributed by atoms with van der Waals surface area (Å²) in [6.07, 6.45) is 2.13. The van der Waals surface area contributed by atoms with Gasteiger partial charge in [-0.2, -0.15) is 0 Å². The van der Waals surface area contributed by atoms with E-state index in [1.807, 2.05) is 45.0 Å². The van der Waals surface area contributed by atoms with Crippen LogP contribution < -0.4 is 10.6 Å². The highest BCUT2D eigenvalue weighted by molar-refractivity contribution is 6.30. The van der Waals surface area contributed by atoms with Gasteiger partial charge in [-0.3, -0.25) is 4.79 Å². The van der Waals surface area contributed by atoms with Crippen LogP contribution in [0.1, 0.15) is 36.8 Å². The maximum Gasteiger partial charge on any atom is 0.270 e. The lowest BCUT2D eigenvalue weighted by Crippen LogP contribution is -2.29. The highest BCUT2D eigenvalue weighted by Gasteiger charge is 2.13. The lowest BCUT2D eigenvalue weighted by atomic mass is 10.1. The van der Waals surface area contributed by atoms with Gasteiger partial charge >= 0.3 is 0 Å². The molecular weight excluding hydrogens is 312 g/mol. The molecule has 23 heavy (non-hydrogen) atoms. The first-order chi connectivity index (χ1) is 10.8. The van der Waals surface area contributed by atoms with Crippen LogP contribution >= 0.6 is 11.6 Å². The summed E-state index contributed by atoms with van der Waals surface area (Å²) in [7, 11) is 0. The van der Waals surface area contributed by atoms with E-state index in [-0.39, 0.29) is 11.4 Å². The van der Waals surface area contributed by atoms with Gasteiger partial charge in [0.1, 0.15) is 17.8 Å². The molecule has 1 aromatic carbocycles. The lowest BCUT2D eigenvalue weighted by molar-refractivity contribution is 0.0949. The second-order valence-corrected chi connectivity index (χ2v) is 6.73. The van der Waals surface area contributed by atoms with E-state index in [4.69, 9.17) is 11.6 Å². The number of benzene rings is 1. The second kappa shape index (κ2) is 7.42. The molecule has 2 rings (SSSR count). The Bertz CT molecular complexity index is 665. The van der Waals surface area contributed by atoms with Crippen LogP contribution in [0.4, 0.5) is 5.82 Å². The molecule has 1 heterocycles. The number of carbonyl (C=O) groups excluding carboxylic acids is 1. The van der Waals surface area contributed by atoms with Gasteiger partial charge in [-0.15, -0.1) is 0 Å². The summed E-state index contributed by atoms with van der Waals surface area (Å²) in [4.78, 5) is 20.3. The molecule has 0 unspecified atom stereocenters. The fourth-order valence-corrected chi connectivity index (χ4v) is 2.12. The van der Waals surface area contributed by atoms with E-state index >= 15 is 0 Å². The molecule has 1 amide bonds. The number of anilines is 1. The molecule has 0 spiro atoms. The van der Waals surface area contributed by atoms with Crippen molar-refractivity contribution in [3.05, 3.63) is 52.9 Å².